The molecule has 2 aromatic carbocycles. The smallest absolute Gasteiger partial charge is 0.305 e. The van der Waals surface area contributed by atoms with Crippen LogP contribution in [0.2, 0.25) is 0 Å². The van der Waals surface area contributed by atoms with Crippen LogP contribution in [0, 0.1) is 5.82 Å². The Kier molecular flexibility index (Phi) is 6.77. The van der Waals surface area contributed by atoms with Gasteiger partial charge >= 0.3 is 5.97 Å². The predicted molar refractivity (Wildman–Crippen MR) is 140 cm³/mol. The van der Waals surface area contributed by atoms with Gasteiger partial charge in [0.15, 0.2) is 0 Å². The van der Waals surface area contributed by atoms with Gasteiger partial charge in [-0.1, -0.05) is 59.9 Å². The molecule has 180 valence electrons. The van der Waals surface area contributed by atoms with E-state index in [1.165, 1.54) is 23.0 Å². The van der Waals surface area contributed by atoms with Crippen molar-refractivity contribution < 1.29 is 14.3 Å². The van der Waals surface area contributed by atoms with E-state index < -0.39 is 11.5 Å². The minimum atomic E-state index is -0.876. The Morgan fingerprint density at radius 2 is 1.83 bits per heavy atom. The molecule has 5 rings (SSSR count). The number of allylic oxidation sites excluding steroid dienone is 2. The molecular formula is C27H25ClFN3O2S. The van der Waals surface area contributed by atoms with E-state index in [4.69, 9.17) is 10.1 Å². The molecule has 0 unspecified atom stereocenters. The highest BCUT2D eigenvalue weighted by Crippen LogP contribution is 2.45. The van der Waals surface area contributed by atoms with E-state index in [0.29, 0.717) is 17.1 Å². The zero-order chi connectivity index (χ0) is 23.9. The molecule has 0 atom stereocenters. The Bertz CT molecular complexity index is 1410. The quantitative estimate of drug-likeness (QED) is 0.280. The lowest BCUT2D eigenvalue weighted by Crippen LogP contribution is -2.40. The number of hydrogen-bond donors (Lipinski definition) is 2. The molecule has 0 spiro atoms. The SMILES string of the molecule is CC(C)(CC(=O)O)NCc1ccc(-c2nc3ccc(C4(c5ccccc5)C=C4)nc3s2)c(F)c1.Cl. The van der Waals surface area contributed by atoms with E-state index in [-0.39, 0.29) is 30.1 Å². The summed E-state index contributed by atoms with van der Waals surface area (Å²) in [6, 6.07) is 19.2. The molecule has 4 aromatic rings. The molecule has 8 heteroatoms. The van der Waals surface area contributed by atoms with Crippen molar-refractivity contribution in [3.8, 4) is 10.6 Å². The van der Waals surface area contributed by atoms with E-state index in [0.717, 1.165) is 21.6 Å². The summed E-state index contributed by atoms with van der Waals surface area (Å²) in [5, 5.41) is 12.8. The molecule has 0 amide bonds. The third-order valence-electron chi connectivity index (χ3n) is 6.06. The van der Waals surface area contributed by atoms with Crippen molar-refractivity contribution in [2.75, 3.05) is 0 Å². The maximum absolute atomic E-state index is 15.0. The van der Waals surface area contributed by atoms with Gasteiger partial charge in [0.05, 0.1) is 17.5 Å². The summed E-state index contributed by atoms with van der Waals surface area (Å²) >= 11 is 1.38. The van der Waals surface area contributed by atoms with Crippen LogP contribution in [-0.2, 0) is 16.8 Å². The van der Waals surface area contributed by atoms with E-state index in [9.17, 15) is 4.79 Å². The predicted octanol–water partition coefficient (Wildman–Crippen LogP) is 6.12. The maximum atomic E-state index is 15.0. The third kappa shape index (κ3) is 5.12. The van der Waals surface area contributed by atoms with Crippen molar-refractivity contribution in [1.82, 2.24) is 15.3 Å². The van der Waals surface area contributed by atoms with Crippen LogP contribution in [-0.4, -0.2) is 26.6 Å². The molecule has 2 aromatic heterocycles. The Balaban J connectivity index is 0.00000289. The van der Waals surface area contributed by atoms with Crippen LogP contribution in [0.25, 0.3) is 20.9 Å². The summed E-state index contributed by atoms with van der Waals surface area (Å²) < 4.78 is 15.0. The number of carboxylic acid groups (broad SMARTS) is 1. The lowest BCUT2D eigenvalue weighted by atomic mass is 9.89. The van der Waals surface area contributed by atoms with Crippen molar-refractivity contribution in [2.45, 2.75) is 37.8 Å². The number of hydrogen-bond acceptors (Lipinski definition) is 5. The fraction of sp³-hybridized carbons (Fsp3) is 0.222. The number of carbonyl (C=O) groups is 1. The van der Waals surface area contributed by atoms with Crippen molar-refractivity contribution in [1.29, 1.82) is 0 Å². The minimum Gasteiger partial charge on any atom is -0.481 e. The molecule has 0 saturated heterocycles. The second-order valence-corrected chi connectivity index (χ2v) is 10.2. The third-order valence-corrected chi connectivity index (χ3v) is 7.06. The molecule has 0 aliphatic heterocycles. The average Bonchev–Trinajstić information content (AvgIpc) is 3.50. The number of aromatic nitrogens is 2. The normalized spacial score (nSPS) is 14.0. The summed E-state index contributed by atoms with van der Waals surface area (Å²) in [6.07, 6.45) is 4.26. The number of pyridine rings is 1. The van der Waals surface area contributed by atoms with Crippen molar-refractivity contribution >= 4 is 40.1 Å². The van der Waals surface area contributed by atoms with Gasteiger partial charge in [-0.3, -0.25) is 4.79 Å². The number of aliphatic carboxylic acids is 1. The second-order valence-electron chi connectivity index (χ2n) is 9.23. The van der Waals surface area contributed by atoms with E-state index >= 15 is 4.39 Å². The molecule has 0 radical (unpaired) electrons. The molecule has 1 aliphatic carbocycles. The average molecular weight is 510 g/mol. The van der Waals surface area contributed by atoms with Gasteiger partial charge in [0.25, 0.3) is 0 Å². The molecular weight excluding hydrogens is 485 g/mol. The number of thiazole rings is 1. The van der Waals surface area contributed by atoms with Gasteiger partial charge < -0.3 is 10.4 Å². The second kappa shape index (κ2) is 9.49. The van der Waals surface area contributed by atoms with Crippen LogP contribution in [0.4, 0.5) is 4.39 Å². The van der Waals surface area contributed by atoms with Gasteiger partial charge in [0.2, 0.25) is 0 Å². The molecule has 35 heavy (non-hydrogen) atoms. The van der Waals surface area contributed by atoms with Crippen LogP contribution < -0.4 is 5.32 Å². The standard InChI is InChI=1S/C27H24FN3O2S.ClH/c1-26(2,15-23(32)33)29-16-17-8-9-19(20(28)14-17)24-30-21-10-11-22(31-25(21)34-24)27(12-13-27)18-6-4-3-5-7-18;/h3-14,29H,15-16H2,1-2H3,(H,32,33);1H. The number of benzene rings is 2. The molecule has 1 aliphatic rings. The van der Waals surface area contributed by atoms with Crippen LogP contribution in [0.15, 0.2) is 72.8 Å². The van der Waals surface area contributed by atoms with Gasteiger partial charge in [0.1, 0.15) is 21.2 Å². The van der Waals surface area contributed by atoms with Crippen molar-refractivity contribution in [3.63, 3.8) is 0 Å². The lowest BCUT2D eigenvalue weighted by Gasteiger charge is -2.24. The summed E-state index contributed by atoms with van der Waals surface area (Å²) in [6.45, 7) is 4.00. The first-order valence-corrected chi connectivity index (χ1v) is 11.9. The highest BCUT2D eigenvalue weighted by Gasteiger charge is 2.39. The number of carboxylic acids is 1. The molecule has 2 heterocycles. The fourth-order valence-electron chi connectivity index (χ4n) is 4.09. The van der Waals surface area contributed by atoms with Crippen LogP contribution in [0.1, 0.15) is 37.1 Å². The van der Waals surface area contributed by atoms with Crippen LogP contribution >= 0.6 is 23.7 Å². The van der Waals surface area contributed by atoms with E-state index in [1.54, 1.807) is 6.07 Å². The number of nitrogens with zero attached hydrogens (tertiary/aromatic N) is 2. The first-order valence-electron chi connectivity index (χ1n) is 11.1. The molecule has 0 fully saturated rings. The number of halogens is 2. The largest absolute Gasteiger partial charge is 0.481 e. The van der Waals surface area contributed by atoms with Gasteiger partial charge in [0, 0.05) is 17.6 Å². The van der Waals surface area contributed by atoms with Crippen LogP contribution in [0.5, 0.6) is 0 Å². The summed E-state index contributed by atoms with van der Waals surface area (Å²) in [5.41, 5.74) is 3.17. The first-order chi connectivity index (χ1) is 16.3. The van der Waals surface area contributed by atoms with E-state index in [1.807, 2.05) is 50.2 Å². The summed E-state index contributed by atoms with van der Waals surface area (Å²) in [7, 11) is 0. The Morgan fingerprint density at radius 1 is 1.09 bits per heavy atom. The minimum absolute atomic E-state index is 0. The van der Waals surface area contributed by atoms with E-state index in [2.05, 4.69) is 34.6 Å². The Labute approximate surface area is 213 Å². The summed E-state index contributed by atoms with van der Waals surface area (Å²) in [4.78, 5) is 21.3. The van der Waals surface area contributed by atoms with Crippen molar-refractivity contribution in [2.24, 2.45) is 0 Å². The lowest BCUT2D eigenvalue weighted by molar-refractivity contribution is -0.138. The van der Waals surface area contributed by atoms with Crippen LogP contribution in [0.3, 0.4) is 0 Å². The molecule has 5 nitrogen and oxygen atoms in total. The molecule has 0 bridgehead atoms. The highest BCUT2D eigenvalue weighted by molar-refractivity contribution is 7.21. The Hall–Kier alpha value is -3.13. The van der Waals surface area contributed by atoms with Gasteiger partial charge in [-0.25, -0.2) is 14.4 Å². The topological polar surface area (TPSA) is 75.1 Å². The van der Waals surface area contributed by atoms with Gasteiger partial charge in [-0.05, 0) is 49.2 Å². The van der Waals surface area contributed by atoms with Crippen molar-refractivity contribution in [3.05, 3.63) is 95.5 Å². The molecule has 2 N–H and O–H groups in total. The highest BCUT2D eigenvalue weighted by atomic mass is 35.5. The maximum Gasteiger partial charge on any atom is 0.305 e. The number of fused-ring (bicyclic) bond motifs is 1. The monoisotopic (exact) mass is 509 g/mol. The zero-order valence-corrected chi connectivity index (χ0v) is 20.9. The first kappa shape index (κ1) is 25.0. The van der Waals surface area contributed by atoms with Gasteiger partial charge in [-0.2, -0.15) is 0 Å². The zero-order valence-electron chi connectivity index (χ0n) is 19.3. The number of rotatable bonds is 8. The molecule has 0 saturated carbocycles. The van der Waals surface area contributed by atoms with Gasteiger partial charge in [-0.15, -0.1) is 12.4 Å². The summed E-state index contributed by atoms with van der Waals surface area (Å²) in [5.74, 6) is -1.24. The number of nitrogens with one attached hydrogen (secondary N) is 1. The fourth-order valence-corrected chi connectivity index (χ4v) is 5.06. The Morgan fingerprint density at radius 3 is 2.49 bits per heavy atom.